The van der Waals surface area contributed by atoms with Crippen molar-refractivity contribution in [1.82, 2.24) is 10.0 Å². The lowest BCUT2D eigenvalue weighted by Crippen LogP contribution is -2.49. The van der Waals surface area contributed by atoms with E-state index in [0.717, 1.165) is 0 Å². The third kappa shape index (κ3) is 7.28. The van der Waals surface area contributed by atoms with Crippen LogP contribution in [0.3, 0.4) is 0 Å². The number of aliphatic hydroxyl groups is 1. The van der Waals surface area contributed by atoms with E-state index in [1.54, 1.807) is 20.8 Å². The largest absolute Gasteiger partial charge is 0.454 e. The molecule has 2 atom stereocenters. The average molecular weight is 407 g/mol. The molecule has 0 aromatic heterocycles. The summed E-state index contributed by atoms with van der Waals surface area (Å²) in [6.45, 7) is 5.90. The highest BCUT2D eigenvalue weighted by Crippen LogP contribution is 2.15. The molecule has 0 saturated heterocycles. The van der Waals surface area contributed by atoms with E-state index in [4.69, 9.17) is 16.3 Å². The summed E-state index contributed by atoms with van der Waals surface area (Å²) in [5, 5.41) is 12.7. The van der Waals surface area contributed by atoms with Gasteiger partial charge in [-0.1, -0.05) is 11.6 Å². The summed E-state index contributed by atoms with van der Waals surface area (Å²) < 4.78 is 31.6. The summed E-state index contributed by atoms with van der Waals surface area (Å²) in [6, 6.07) is 3.70. The zero-order valence-electron chi connectivity index (χ0n) is 14.9. The lowest BCUT2D eigenvalue weighted by Gasteiger charge is -2.22. The Morgan fingerprint density at radius 2 is 1.77 bits per heavy atom. The van der Waals surface area contributed by atoms with E-state index in [0.29, 0.717) is 5.02 Å². The van der Waals surface area contributed by atoms with Crippen molar-refractivity contribution in [3.05, 3.63) is 29.3 Å². The molecule has 146 valence electrons. The van der Waals surface area contributed by atoms with Crippen LogP contribution >= 0.6 is 11.6 Å². The Bertz CT molecular complexity index is 741. The molecule has 10 heteroatoms. The number of rotatable bonds is 7. The second-order valence-corrected chi connectivity index (χ2v) is 8.85. The normalized spacial score (nSPS) is 14.4. The van der Waals surface area contributed by atoms with Gasteiger partial charge in [-0.15, -0.1) is 0 Å². The first-order valence-corrected chi connectivity index (χ1v) is 9.61. The predicted octanol–water partition coefficient (Wildman–Crippen LogP) is 0.826. The monoisotopic (exact) mass is 406 g/mol. The van der Waals surface area contributed by atoms with Gasteiger partial charge in [-0.05, 0) is 52.0 Å². The highest BCUT2D eigenvalue weighted by Gasteiger charge is 2.31. The highest BCUT2D eigenvalue weighted by atomic mass is 35.5. The first-order valence-electron chi connectivity index (χ1n) is 7.75. The lowest BCUT2D eigenvalue weighted by molar-refractivity contribution is -0.152. The van der Waals surface area contributed by atoms with Crippen LogP contribution in [0.4, 0.5) is 0 Å². The van der Waals surface area contributed by atoms with Crippen LogP contribution in [-0.4, -0.2) is 49.7 Å². The van der Waals surface area contributed by atoms with Crippen molar-refractivity contribution in [1.29, 1.82) is 0 Å². The fourth-order valence-corrected chi connectivity index (χ4v) is 3.26. The summed E-state index contributed by atoms with van der Waals surface area (Å²) >= 11 is 5.72. The summed E-state index contributed by atoms with van der Waals surface area (Å²) in [4.78, 5) is 23.7. The number of carbonyl (C=O) groups is 2. The molecule has 0 fully saturated rings. The first-order chi connectivity index (χ1) is 11.8. The molecule has 0 aliphatic heterocycles. The Morgan fingerprint density at radius 3 is 2.23 bits per heavy atom. The number of sulfonamides is 1. The maximum Gasteiger partial charge on any atom is 0.327 e. The lowest BCUT2D eigenvalue weighted by atomic mass is 10.1. The van der Waals surface area contributed by atoms with E-state index in [1.807, 2.05) is 0 Å². The zero-order chi connectivity index (χ0) is 20.1. The summed E-state index contributed by atoms with van der Waals surface area (Å²) in [5.41, 5.74) is -0.511. The topological polar surface area (TPSA) is 122 Å². The molecule has 8 nitrogen and oxygen atoms in total. The first kappa shape index (κ1) is 22.4. The molecule has 1 rings (SSSR count). The molecule has 0 spiro atoms. The minimum Gasteiger partial charge on any atom is -0.454 e. The Morgan fingerprint density at radius 1 is 1.23 bits per heavy atom. The summed E-state index contributed by atoms with van der Waals surface area (Å²) in [6.07, 6.45) is -1.38. The molecule has 0 heterocycles. The standard InChI is InChI=1S/C16H23ClN2O6S/c1-10(20)14(15(22)25-9-13(21)18-16(2,3)4)19-26(23,24)12-7-5-11(17)6-8-12/h5-8,10,14,19-20H,9H2,1-4H3,(H,18,21)/t10-,14+/m1/s1. The molecule has 0 radical (unpaired) electrons. The molecule has 0 aliphatic rings. The average Bonchev–Trinajstić information content (AvgIpc) is 2.49. The second kappa shape index (κ2) is 8.81. The molecule has 26 heavy (non-hydrogen) atoms. The maximum atomic E-state index is 12.3. The number of hydrogen-bond donors (Lipinski definition) is 3. The van der Waals surface area contributed by atoms with Gasteiger partial charge in [0, 0.05) is 10.6 Å². The molecule has 0 bridgehead atoms. The van der Waals surface area contributed by atoms with Crippen LogP contribution in [0.15, 0.2) is 29.2 Å². The number of hydrogen-bond acceptors (Lipinski definition) is 6. The Hall–Kier alpha value is -1.68. The number of ether oxygens (including phenoxy) is 1. The van der Waals surface area contributed by atoms with Crippen LogP contribution in [0.5, 0.6) is 0 Å². The fraction of sp³-hybridized carbons (Fsp3) is 0.500. The van der Waals surface area contributed by atoms with E-state index in [2.05, 4.69) is 10.0 Å². The molecule has 0 aliphatic carbocycles. The van der Waals surface area contributed by atoms with Gasteiger partial charge in [0.25, 0.3) is 5.91 Å². The van der Waals surface area contributed by atoms with Crippen LogP contribution < -0.4 is 10.0 Å². The van der Waals surface area contributed by atoms with Gasteiger partial charge in [0.15, 0.2) is 6.61 Å². The van der Waals surface area contributed by atoms with Crippen LogP contribution in [0.25, 0.3) is 0 Å². The SMILES string of the molecule is C[C@@H](O)[C@H](NS(=O)(=O)c1ccc(Cl)cc1)C(=O)OCC(=O)NC(C)(C)C. The Labute approximate surface area is 157 Å². The van der Waals surface area contributed by atoms with Gasteiger partial charge in [0.1, 0.15) is 6.04 Å². The van der Waals surface area contributed by atoms with E-state index in [9.17, 15) is 23.1 Å². The van der Waals surface area contributed by atoms with Crippen molar-refractivity contribution >= 4 is 33.5 Å². The van der Waals surface area contributed by atoms with Crippen molar-refractivity contribution in [2.24, 2.45) is 0 Å². The van der Waals surface area contributed by atoms with E-state index in [-0.39, 0.29) is 4.90 Å². The zero-order valence-corrected chi connectivity index (χ0v) is 16.5. The third-order valence-electron chi connectivity index (χ3n) is 3.00. The van der Waals surface area contributed by atoms with Crippen molar-refractivity contribution in [3.63, 3.8) is 0 Å². The van der Waals surface area contributed by atoms with Crippen molar-refractivity contribution in [2.75, 3.05) is 6.61 Å². The number of benzene rings is 1. The Kier molecular flexibility index (Phi) is 7.57. The van der Waals surface area contributed by atoms with Gasteiger partial charge in [-0.3, -0.25) is 9.59 Å². The van der Waals surface area contributed by atoms with Gasteiger partial charge in [0.2, 0.25) is 10.0 Å². The quantitative estimate of drug-likeness (QED) is 0.576. The van der Waals surface area contributed by atoms with Crippen molar-refractivity contribution in [3.8, 4) is 0 Å². The predicted molar refractivity (Wildman–Crippen MR) is 96.1 cm³/mol. The fourth-order valence-electron chi connectivity index (χ4n) is 1.87. The van der Waals surface area contributed by atoms with Gasteiger partial charge in [-0.25, -0.2) is 8.42 Å². The van der Waals surface area contributed by atoms with Crippen LogP contribution in [0, 0.1) is 0 Å². The summed E-state index contributed by atoms with van der Waals surface area (Å²) in [7, 11) is -4.10. The van der Waals surface area contributed by atoms with E-state index in [1.165, 1.54) is 31.2 Å². The van der Waals surface area contributed by atoms with Crippen molar-refractivity contribution in [2.45, 2.75) is 50.3 Å². The van der Waals surface area contributed by atoms with E-state index >= 15 is 0 Å². The number of amides is 1. The molecule has 0 unspecified atom stereocenters. The highest BCUT2D eigenvalue weighted by molar-refractivity contribution is 7.89. The van der Waals surface area contributed by atoms with Gasteiger partial charge in [-0.2, -0.15) is 4.72 Å². The summed E-state index contributed by atoms with van der Waals surface area (Å²) in [5.74, 6) is -1.61. The molecular formula is C16H23ClN2O6S. The molecule has 1 amide bonds. The Balaban J connectivity index is 2.80. The number of esters is 1. The number of nitrogens with one attached hydrogen (secondary N) is 2. The maximum absolute atomic E-state index is 12.3. The van der Waals surface area contributed by atoms with E-state index < -0.39 is 46.2 Å². The minimum absolute atomic E-state index is 0.133. The van der Waals surface area contributed by atoms with Crippen LogP contribution in [0.1, 0.15) is 27.7 Å². The molecule has 3 N–H and O–H groups in total. The molecule has 0 saturated carbocycles. The smallest absolute Gasteiger partial charge is 0.327 e. The van der Waals surface area contributed by atoms with Crippen molar-refractivity contribution < 1.29 is 27.9 Å². The van der Waals surface area contributed by atoms with Gasteiger partial charge >= 0.3 is 5.97 Å². The van der Waals surface area contributed by atoms with Gasteiger partial charge in [0.05, 0.1) is 11.0 Å². The second-order valence-electron chi connectivity index (χ2n) is 6.70. The van der Waals surface area contributed by atoms with Crippen LogP contribution in [-0.2, 0) is 24.3 Å². The molecular weight excluding hydrogens is 384 g/mol. The van der Waals surface area contributed by atoms with Gasteiger partial charge < -0.3 is 15.2 Å². The number of carbonyl (C=O) groups excluding carboxylic acids is 2. The molecule has 1 aromatic rings. The number of halogens is 1. The van der Waals surface area contributed by atoms with Crippen LogP contribution in [0.2, 0.25) is 5.02 Å². The number of aliphatic hydroxyl groups excluding tert-OH is 1. The third-order valence-corrected chi connectivity index (χ3v) is 4.71. The minimum atomic E-state index is -4.10. The molecule has 1 aromatic carbocycles.